The van der Waals surface area contributed by atoms with Crippen LogP contribution in [-0.4, -0.2) is 17.8 Å². The largest absolute Gasteiger partial charge is 0.494 e. The lowest BCUT2D eigenvalue weighted by molar-refractivity contribution is 0.298. The smallest absolute Gasteiger partial charge is 0.292 e. The number of aromatic nitrogens is 1. The molecule has 1 heterocycles. The molecule has 0 bridgehead atoms. The van der Waals surface area contributed by atoms with Gasteiger partial charge < -0.3 is 14.0 Å². The molecule has 0 radical (unpaired) electrons. The van der Waals surface area contributed by atoms with Gasteiger partial charge in [0, 0.05) is 12.7 Å². The molecule has 2 aromatic rings. The summed E-state index contributed by atoms with van der Waals surface area (Å²) in [7, 11) is 0. The summed E-state index contributed by atoms with van der Waals surface area (Å²) in [6, 6.07) is 11.7. The first-order chi connectivity index (χ1) is 10.7. The van der Waals surface area contributed by atoms with E-state index in [4.69, 9.17) is 9.47 Å². The van der Waals surface area contributed by atoms with Crippen LogP contribution in [0.5, 0.6) is 11.5 Å². The molecule has 0 N–H and O–H groups in total. The predicted octanol–water partition coefficient (Wildman–Crippen LogP) is 3.28. The van der Waals surface area contributed by atoms with Crippen LogP contribution in [0.3, 0.4) is 0 Å². The van der Waals surface area contributed by atoms with Crippen LogP contribution in [-0.2, 0) is 13.0 Å². The molecule has 0 aliphatic rings. The quantitative estimate of drug-likeness (QED) is 0.703. The first kappa shape index (κ1) is 16.1. The molecule has 0 spiro atoms. The summed E-state index contributed by atoms with van der Waals surface area (Å²) in [5.74, 6) is 1.27. The fourth-order valence-corrected chi connectivity index (χ4v) is 2.20. The Bertz CT molecular complexity index is 632. The summed E-state index contributed by atoms with van der Waals surface area (Å²) in [5.41, 5.74) is 1.21. The third-order valence-electron chi connectivity index (χ3n) is 3.43. The van der Waals surface area contributed by atoms with Crippen molar-refractivity contribution in [2.24, 2.45) is 0 Å². The van der Waals surface area contributed by atoms with Gasteiger partial charge in [-0.1, -0.05) is 19.1 Å². The maximum atomic E-state index is 12.1. The number of benzene rings is 1. The maximum absolute atomic E-state index is 12.1. The first-order valence-electron chi connectivity index (χ1n) is 7.78. The van der Waals surface area contributed by atoms with Gasteiger partial charge in [-0.3, -0.25) is 4.79 Å². The van der Waals surface area contributed by atoms with Gasteiger partial charge in [-0.25, -0.2) is 0 Å². The van der Waals surface area contributed by atoms with E-state index in [-0.39, 0.29) is 5.56 Å². The molecular formula is C18H23NO3. The highest BCUT2D eigenvalue weighted by molar-refractivity contribution is 5.27. The van der Waals surface area contributed by atoms with Crippen molar-refractivity contribution in [2.45, 2.75) is 33.2 Å². The zero-order valence-electron chi connectivity index (χ0n) is 13.2. The van der Waals surface area contributed by atoms with Gasteiger partial charge in [0.05, 0.1) is 13.2 Å². The van der Waals surface area contributed by atoms with E-state index < -0.39 is 0 Å². The summed E-state index contributed by atoms with van der Waals surface area (Å²) >= 11 is 0. The van der Waals surface area contributed by atoms with E-state index in [1.807, 2.05) is 25.1 Å². The van der Waals surface area contributed by atoms with Gasteiger partial charge in [0.15, 0.2) is 5.75 Å². The highest BCUT2D eigenvalue weighted by atomic mass is 16.5. The average molecular weight is 301 g/mol. The van der Waals surface area contributed by atoms with Crippen molar-refractivity contribution in [3.05, 3.63) is 58.5 Å². The zero-order chi connectivity index (χ0) is 15.8. The number of hydrogen-bond acceptors (Lipinski definition) is 3. The molecule has 4 heteroatoms. The van der Waals surface area contributed by atoms with Crippen LogP contribution in [0.15, 0.2) is 47.4 Å². The number of ether oxygens (including phenoxy) is 2. The van der Waals surface area contributed by atoms with Gasteiger partial charge in [0.25, 0.3) is 5.56 Å². The average Bonchev–Trinajstić information content (AvgIpc) is 2.55. The van der Waals surface area contributed by atoms with Crippen molar-refractivity contribution in [3.63, 3.8) is 0 Å². The highest BCUT2D eigenvalue weighted by Crippen LogP contribution is 2.12. The lowest BCUT2D eigenvalue weighted by Gasteiger charge is -2.10. The standard InChI is InChI=1S/C18H23NO3/c1-3-15-8-10-16(11-9-15)22-14-6-13-19-12-5-7-17(18(19)20)21-4-2/h5,7-12H,3-4,6,13-14H2,1-2H3. The lowest BCUT2D eigenvalue weighted by Crippen LogP contribution is -2.22. The Morgan fingerprint density at radius 1 is 1.05 bits per heavy atom. The van der Waals surface area contributed by atoms with E-state index in [1.54, 1.807) is 16.8 Å². The van der Waals surface area contributed by atoms with E-state index in [0.717, 1.165) is 18.6 Å². The fourth-order valence-electron chi connectivity index (χ4n) is 2.20. The van der Waals surface area contributed by atoms with E-state index in [9.17, 15) is 4.79 Å². The SMILES string of the molecule is CCOc1cccn(CCCOc2ccc(CC)cc2)c1=O. The molecule has 0 amide bonds. The molecule has 22 heavy (non-hydrogen) atoms. The Labute approximate surface area is 131 Å². The van der Waals surface area contributed by atoms with Crippen molar-refractivity contribution in [1.29, 1.82) is 0 Å². The predicted molar refractivity (Wildman–Crippen MR) is 87.8 cm³/mol. The van der Waals surface area contributed by atoms with Gasteiger partial charge >= 0.3 is 0 Å². The van der Waals surface area contributed by atoms with E-state index in [2.05, 4.69) is 19.1 Å². The normalized spacial score (nSPS) is 10.5. The Hall–Kier alpha value is -2.23. The monoisotopic (exact) mass is 301 g/mol. The van der Waals surface area contributed by atoms with Crippen molar-refractivity contribution in [3.8, 4) is 11.5 Å². The molecule has 0 fully saturated rings. The van der Waals surface area contributed by atoms with Crippen LogP contribution >= 0.6 is 0 Å². The number of hydrogen-bond donors (Lipinski definition) is 0. The van der Waals surface area contributed by atoms with Crippen molar-refractivity contribution >= 4 is 0 Å². The van der Waals surface area contributed by atoms with Gasteiger partial charge in [0.2, 0.25) is 0 Å². The summed E-state index contributed by atoms with van der Waals surface area (Å²) in [6.45, 7) is 5.69. The first-order valence-corrected chi connectivity index (χ1v) is 7.78. The molecule has 0 atom stereocenters. The van der Waals surface area contributed by atoms with Crippen molar-refractivity contribution < 1.29 is 9.47 Å². The fraction of sp³-hybridized carbons (Fsp3) is 0.389. The molecule has 118 valence electrons. The minimum absolute atomic E-state index is 0.0864. The van der Waals surface area contributed by atoms with Crippen molar-refractivity contribution in [1.82, 2.24) is 4.57 Å². The summed E-state index contributed by atoms with van der Waals surface area (Å²) in [4.78, 5) is 12.1. The minimum atomic E-state index is -0.0864. The molecule has 4 nitrogen and oxygen atoms in total. The Kier molecular flexibility index (Phi) is 6.07. The number of rotatable bonds is 8. The highest BCUT2D eigenvalue weighted by Gasteiger charge is 2.03. The van der Waals surface area contributed by atoms with Gasteiger partial charge in [-0.2, -0.15) is 0 Å². The van der Waals surface area contributed by atoms with Crippen LogP contribution in [0, 0.1) is 0 Å². The molecule has 2 rings (SSSR count). The second-order valence-electron chi connectivity index (χ2n) is 5.00. The Morgan fingerprint density at radius 3 is 2.50 bits per heavy atom. The van der Waals surface area contributed by atoms with E-state index in [1.165, 1.54) is 5.56 Å². The molecule has 0 aliphatic heterocycles. The molecule has 0 aliphatic carbocycles. The van der Waals surface area contributed by atoms with Crippen LogP contribution in [0.25, 0.3) is 0 Å². The number of aryl methyl sites for hydroxylation is 2. The zero-order valence-corrected chi connectivity index (χ0v) is 13.2. The van der Waals surface area contributed by atoms with Gasteiger partial charge in [0.1, 0.15) is 5.75 Å². The molecule has 0 saturated heterocycles. The number of nitrogens with zero attached hydrogens (tertiary/aromatic N) is 1. The Balaban J connectivity index is 1.83. The van der Waals surface area contributed by atoms with Gasteiger partial charge in [-0.15, -0.1) is 0 Å². The molecule has 0 saturated carbocycles. The van der Waals surface area contributed by atoms with E-state index >= 15 is 0 Å². The third-order valence-corrected chi connectivity index (χ3v) is 3.43. The number of pyridine rings is 1. The van der Waals surface area contributed by atoms with Crippen LogP contribution < -0.4 is 15.0 Å². The van der Waals surface area contributed by atoms with Crippen LogP contribution in [0.1, 0.15) is 25.8 Å². The van der Waals surface area contributed by atoms with E-state index in [0.29, 0.717) is 25.5 Å². The molecule has 0 unspecified atom stereocenters. The van der Waals surface area contributed by atoms with Crippen LogP contribution in [0.2, 0.25) is 0 Å². The second kappa shape index (κ2) is 8.27. The maximum Gasteiger partial charge on any atom is 0.292 e. The van der Waals surface area contributed by atoms with Crippen molar-refractivity contribution in [2.75, 3.05) is 13.2 Å². The minimum Gasteiger partial charge on any atom is -0.494 e. The summed E-state index contributed by atoms with van der Waals surface area (Å²) in [6.07, 6.45) is 3.57. The summed E-state index contributed by atoms with van der Waals surface area (Å²) in [5, 5.41) is 0. The molecular weight excluding hydrogens is 278 g/mol. The molecule has 1 aromatic carbocycles. The molecule has 1 aromatic heterocycles. The van der Waals surface area contributed by atoms with Crippen LogP contribution in [0.4, 0.5) is 0 Å². The third kappa shape index (κ3) is 4.38. The second-order valence-corrected chi connectivity index (χ2v) is 5.00. The topological polar surface area (TPSA) is 40.5 Å². The van der Waals surface area contributed by atoms with Gasteiger partial charge in [-0.05, 0) is 49.6 Å². The Morgan fingerprint density at radius 2 is 1.82 bits per heavy atom. The summed E-state index contributed by atoms with van der Waals surface area (Å²) < 4.78 is 12.7. The lowest BCUT2D eigenvalue weighted by atomic mass is 10.2.